The van der Waals surface area contributed by atoms with E-state index < -0.39 is 0 Å². The van der Waals surface area contributed by atoms with Gasteiger partial charge in [0.2, 0.25) is 5.88 Å². The number of unbranched alkanes of at least 4 members (excludes halogenated alkanes) is 2. The normalized spacial score (nSPS) is 30.9. The molecule has 0 amide bonds. The fourth-order valence-electron chi connectivity index (χ4n) is 6.58. The third kappa shape index (κ3) is 4.70. The van der Waals surface area contributed by atoms with Crippen LogP contribution >= 0.6 is 0 Å². The first kappa shape index (κ1) is 24.7. The Kier molecular flexibility index (Phi) is 6.92. The maximum absolute atomic E-state index is 10.7. The minimum atomic E-state index is 0.0262. The van der Waals surface area contributed by atoms with E-state index in [1.54, 1.807) is 0 Å². The lowest BCUT2D eigenvalue weighted by Gasteiger charge is -2.46. The number of ether oxygens (including phenoxy) is 1. The molecule has 0 aliphatic heterocycles. The van der Waals surface area contributed by atoms with Crippen LogP contribution in [0.3, 0.4) is 0 Å². The summed E-state index contributed by atoms with van der Waals surface area (Å²) < 4.78 is 6.15. The average Bonchev–Trinajstić information content (AvgIpc) is 2.94. The molecule has 5 aliphatic rings. The number of nitrogens with zero attached hydrogens (tertiary/aromatic N) is 2. The van der Waals surface area contributed by atoms with Gasteiger partial charge in [-0.05, 0) is 42.1 Å². The van der Waals surface area contributed by atoms with Gasteiger partial charge in [0.25, 0.3) is 0 Å². The zero-order chi connectivity index (χ0) is 26.1. The first-order chi connectivity index (χ1) is 18.6. The highest BCUT2D eigenvalue weighted by molar-refractivity contribution is 5.73. The van der Waals surface area contributed by atoms with Crippen LogP contribution in [0.1, 0.15) is 50.5 Å². The van der Waals surface area contributed by atoms with E-state index in [2.05, 4.69) is 73.8 Å². The highest BCUT2D eigenvalue weighted by atomic mass is 16.5. The molecule has 0 aromatic carbocycles. The second kappa shape index (κ2) is 10.6. The van der Waals surface area contributed by atoms with Gasteiger partial charge in [0.1, 0.15) is 5.76 Å². The van der Waals surface area contributed by atoms with E-state index in [0.29, 0.717) is 66.3 Å². The molecule has 0 saturated heterocycles. The third-order valence-corrected chi connectivity index (χ3v) is 8.53. The molecule has 6 unspecified atom stereocenters. The summed E-state index contributed by atoms with van der Waals surface area (Å²) in [6.45, 7) is 2.77. The predicted octanol–water partition coefficient (Wildman–Crippen LogP) is 7.47. The van der Waals surface area contributed by atoms with Crippen LogP contribution in [0.25, 0.3) is 11.1 Å². The van der Waals surface area contributed by atoms with Gasteiger partial charge < -0.3 is 14.9 Å². The monoisotopic (exact) mass is 508 g/mol. The molecule has 0 radical (unpaired) electrons. The van der Waals surface area contributed by atoms with Gasteiger partial charge in [0, 0.05) is 36.0 Å². The van der Waals surface area contributed by atoms with Crippen LogP contribution in [0, 0.1) is 35.5 Å². The number of rotatable bonds is 7. The van der Waals surface area contributed by atoms with Crippen molar-refractivity contribution in [2.45, 2.75) is 39.0 Å². The molecule has 5 nitrogen and oxygen atoms in total. The summed E-state index contributed by atoms with van der Waals surface area (Å²) in [5.74, 6) is 3.43. The first-order valence-electron chi connectivity index (χ1n) is 14.1. The Bertz CT molecular complexity index is 1330. The van der Waals surface area contributed by atoms with Crippen molar-refractivity contribution in [3.8, 4) is 5.88 Å². The molecule has 2 N–H and O–H groups in total. The van der Waals surface area contributed by atoms with Crippen LogP contribution in [0.5, 0.6) is 5.88 Å². The van der Waals surface area contributed by atoms with Gasteiger partial charge in [0.05, 0.1) is 18.1 Å². The first-order valence-corrected chi connectivity index (χ1v) is 14.1. The van der Waals surface area contributed by atoms with Gasteiger partial charge in [-0.1, -0.05) is 86.6 Å². The number of allylic oxidation sites excluding steroid dienone is 15. The lowest BCUT2D eigenvalue weighted by Crippen LogP contribution is -2.39. The van der Waals surface area contributed by atoms with Gasteiger partial charge in [-0.15, -0.1) is 0 Å². The van der Waals surface area contributed by atoms with Gasteiger partial charge in [0.15, 0.2) is 5.82 Å². The molecule has 5 heteroatoms. The summed E-state index contributed by atoms with van der Waals surface area (Å²) in [6.07, 6.45) is 30.8. The zero-order valence-electron chi connectivity index (χ0n) is 21.9. The zero-order valence-corrected chi connectivity index (χ0v) is 21.9. The molecule has 0 saturated carbocycles. The van der Waals surface area contributed by atoms with E-state index in [4.69, 9.17) is 14.7 Å². The summed E-state index contributed by atoms with van der Waals surface area (Å²) in [4.78, 5) is 9.76. The molecular weight excluding hydrogens is 472 g/mol. The SMILES string of the molecule is CCCCCOc1cc(C2=CC3C4C=CC=CC4C=CC3C3C=CC=CC23)nc(C2=C(O)C=C(O)CC2)n1. The highest BCUT2D eigenvalue weighted by Crippen LogP contribution is 2.52. The van der Waals surface area contributed by atoms with Crippen molar-refractivity contribution in [2.24, 2.45) is 35.5 Å². The van der Waals surface area contributed by atoms with Crippen molar-refractivity contribution in [3.05, 3.63) is 102 Å². The molecule has 1 aromatic rings. The van der Waals surface area contributed by atoms with E-state index in [1.807, 2.05) is 6.07 Å². The van der Waals surface area contributed by atoms with E-state index in [0.717, 1.165) is 25.0 Å². The molecule has 6 rings (SSSR count). The molecule has 38 heavy (non-hydrogen) atoms. The van der Waals surface area contributed by atoms with Crippen molar-refractivity contribution < 1.29 is 14.9 Å². The van der Waals surface area contributed by atoms with Crippen LogP contribution in [-0.2, 0) is 0 Å². The Hall–Kier alpha value is -3.60. The van der Waals surface area contributed by atoms with E-state index >= 15 is 0 Å². The molecule has 5 aliphatic carbocycles. The smallest absolute Gasteiger partial charge is 0.217 e. The number of hydrogen-bond acceptors (Lipinski definition) is 5. The fourth-order valence-corrected chi connectivity index (χ4v) is 6.58. The number of aliphatic hydroxyl groups is 2. The quantitative estimate of drug-likeness (QED) is 0.295. The van der Waals surface area contributed by atoms with E-state index in [9.17, 15) is 10.2 Å². The van der Waals surface area contributed by atoms with E-state index in [1.165, 1.54) is 11.6 Å². The summed E-state index contributed by atoms with van der Waals surface area (Å²) in [6, 6.07) is 1.98. The number of aliphatic hydroxyl groups excluding tert-OH is 2. The van der Waals surface area contributed by atoms with Crippen LogP contribution in [-0.4, -0.2) is 26.8 Å². The average molecular weight is 509 g/mol. The largest absolute Gasteiger partial charge is 0.512 e. The van der Waals surface area contributed by atoms with Crippen LogP contribution < -0.4 is 4.74 Å². The second-order valence-corrected chi connectivity index (χ2v) is 10.9. The highest BCUT2D eigenvalue weighted by Gasteiger charge is 2.44. The van der Waals surface area contributed by atoms with Crippen molar-refractivity contribution in [3.63, 3.8) is 0 Å². The van der Waals surface area contributed by atoms with Crippen molar-refractivity contribution >= 4 is 11.1 Å². The summed E-state index contributed by atoms with van der Waals surface area (Å²) in [7, 11) is 0. The molecule has 6 atom stereocenters. The van der Waals surface area contributed by atoms with Crippen LogP contribution in [0.4, 0.5) is 0 Å². The molecule has 0 fully saturated rings. The summed E-state index contributed by atoms with van der Waals surface area (Å²) >= 11 is 0. The van der Waals surface area contributed by atoms with Crippen molar-refractivity contribution in [1.29, 1.82) is 0 Å². The molecule has 0 bridgehead atoms. The Morgan fingerprint density at radius 2 is 1.66 bits per heavy atom. The molecule has 0 spiro atoms. The fraction of sp³-hybridized carbons (Fsp3) is 0.394. The predicted molar refractivity (Wildman–Crippen MR) is 151 cm³/mol. The van der Waals surface area contributed by atoms with Gasteiger partial charge >= 0.3 is 0 Å². The van der Waals surface area contributed by atoms with Gasteiger partial charge in [-0.2, -0.15) is 4.98 Å². The van der Waals surface area contributed by atoms with Crippen LogP contribution in [0.2, 0.25) is 0 Å². The second-order valence-electron chi connectivity index (χ2n) is 10.9. The lowest BCUT2D eigenvalue weighted by molar-refractivity contribution is 0.235. The maximum atomic E-state index is 10.7. The lowest BCUT2D eigenvalue weighted by atomic mass is 9.58. The van der Waals surface area contributed by atoms with Crippen molar-refractivity contribution in [1.82, 2.24) is 9.97 Å². The molecule has 1 aromatic heterocycles. The topological polar surface area (TPSA) is 75.5 Å². The van der Waals surface area contributed by atoms with Crippen molar-refractivity contribution in [2.75, 3.05) is 6.61 Å². The van der Waals surface area contributed by atoms with Gasteiger partial charge in [-0.25, -0.2) is 4.98 Å². The Morgan fingerprint density at radius 1 is 0.842 bits per heavy atom. The molecule has 1 heterocycles. The minimum absolute atomic E-state index is 0.0262. The number of hydrogen-bond donors (Lipinski definition) is 2. The van der Waals surface area contributed by atoms with Gasteiger partial charge in [-0.3, -0.25) is 0 Å². The van der Waals surface area contributed by atoms with Crippen LogP contribution in [0.15, 0.2) is 90.5 Å². The third-order valence-electron chi connectivity index (χ3n) is 8.53. The minimum Gasteiger partial charge on any atom is -0.512 e. The standard InChI is InChI=1S/C33H36N2O3/c1-2-3-8-17-38-32-20-30(34-33(35-32)27-16-14-22(36)18-31(27)37)29-19-28-23-10-5-4-9-21(23)13-15-26(28)24-11-6-7-12-25(24)29/h4-7,9-13,15,18-21,23-26,28,36-37H,2-3,8,14,16-17H2,1H3. The summed E-state index contributed by atoms with van der Waals surface area (Å²) in [5, 5.41) is 20.6. The van der Waals surface area contributed by atoms with E-state index in [-0.39, 0.29) is 17.4 Å². The Labute approximate surface area is 225 Å². The molecular formula is C33H36N2O3. The number of aromatic nitrogens is 2. The molecule has 196 valence electrons. The maximum Gasteiger partial charge on any atom is 0.217 e. The Balaban J connectivity index is 1.44. The number of fused-ring (bicyclic) bond motifs is 5. The Morgan fingerprint density at radius 3 is 2.50 bits per heavy atom. The summed E-state index contributed by atoms with van der Waals surface area (Å²) in [5.41, 5.74) is 2.70.